The van der Waals surface area contributed by atoms with Gasteiger partial charge in [-0.15, -0.1) is 0 Å². The molecule has 52 heavy (non-hydrogen) atoms. The van der Waals surface area contributed by atoms with Crippen molar-refractivity contribution in [3.05, 3.63) is 35.4 Å². The molecule has 14 atom stereocenters. The molecule has 2 fully saturated rings. The van der Waals surface area contributed by atoms with Crippen LogP contribution in [0.1, 0.15) is 90.6 Å². The number of cyclic esters (lactones) is 1. The van der Waals surface area contributed by atoms with Gasteiger partial charge in [-0.25, -0.2) is 4.79 Å². The number of aliphatic hydroxyl groups is 5. The lowest BCUT2D eigenvalue weighted by molar-refractivity contribution is -0.304. The summed E-state index contributed by atoms with van der Waals surface area (Å²) < 4.78 is 18.6. The highest BCUT2D eigenvalue weighted by Gasteiger charge is 2.54. The van der Waals surface area contributed by atoms with Crippen molar-refractivity contribution in [1.82, 2.24) is 15.5 Å². The maximum atomic E-state index is 14.1. The number of carboxylic acid groups (broad SMARTS) is 1. The van der Waals surface area contributed by atoms with Crippen molar-refractivity contribution < 1.29 is 54.4 Å². The summed E-state index contributed by atoms with van der Waals surface area (Å²) in [6.07, 6.45) is -5.35. The number of nitrogens with one attached hydrogen (secondary N) is 2. The summed E-state index contributed by atoms with van der Waals surface area (Å²) in [5.74, 6) is -4.37. The van der Waals surface area contributed by atoms with Gasteiger partial charge in [0, 0.05) is 31.1 Å². The van der Waals surface area contributed by atoms with E-state index in [4.69, 9.17) is 14.2 Å². The molecule has 2 saturated heterocycles. The predicted octanol–water partition coefficient (Wildman–Crippen LogP) is 1.49. The molecule has 2 heterocycles. The third-order valence-electron chi connectivity index (χ3n) is 11.4. The van der Waals surface area contributed by atoms with Crippen LogP contribution in [0.4, 0.5) is 0 Å². The minimum absolute atomic E-state index is 0.125. The molecule has 0 aromatic heterocycles. The van der Waals surface area contributed by atoms with Crippen LogP contribution in [0.3, 0.4) is 0 Å². The van der Waals surface area contributed by atoms with Gasteiger partial charge in [0.2, 0.25) is 0 Å². The third-order valence-corrected chi connectivity index (χ3v) is 11.4. The Labute approximate surface area is 308 Å². The Kier molecular flexibility index (Phi) is 15.2. The molecule has 2 aliphatic heterocycles. The second-order valence-corrected chi connectivity index (χ2v) is 16.1. The van der Waals surface area contributed by atoms with Gasteiger partial charge in [-0.1, -0.05) is 32.9 Å². The normalized spacial score (nSPS) is 41.5. The van der Waals surface area contributed by atoms with Crippen molar-refractivity contribution in [2.24, 2.45) is 17.8 Å². The highest BCUT2D eigenvalue weighted by molar-refractivity contribution is 5.87. The monoisotopic (exact) mass is 739 g/mol. The number of aromatic carboxylic acids is 1. The molecule has 3 rings (SSSR count). The Morgan fingerprint density at radius 1 is 1.06 bits per heavy atom. The Balaban J connectivity index is 2.12. The highest BCUT2D eigenvalue weighted by atomic mass is 16.7. The van der Waals surface area contributed by atoms with Crippen molar-refractivity contribution in [2.75, 3.05) is 27.2 Å². The summed E-state index contributed by atoms with van der Waals surface area (Å²) in [6, 6.07) is 5.31. The van der Waals surface area contributed by atoms with Crippen LogP contribution >= 0.6 is 0 Å². The number of ether oxygens (including phenoxy) is 3. The quantitative estimate of drug-likeness (QED) is 0.169. The predicted molar refractivity (Wildman–Crippen MR) is 194 cm³/mol. The average Bonchev–Trinajstić information content (AvgIpc) is 3.07. The number of rotatable bonds is 9. The highest BCUT2D eigenvalue weighted by Crippen LogP contribution is 2.40. The number of benzene rings is 1. The minimum atomic E-state index is -1.98. The van der Waals surface area contributed by atoms with Crippen LogP contribution in [-0.2, 0) is 25.5 Å². The van der Waals surface area contributed by atoms with Crippen molar-refractivity contribution in [3.8, 4) is 0 Å². The standard InChI is InChI=1S/C38H65N3O11/c1-11-29-37(8,48)31(43)25(6)40-18-21(2)17-36(7,47)32(52-35-30(42)28(41(9)10)16-22(3)50-35)23(4)38(49,24(5)34(46)51-29)20-39-19-26-12-14-27(15-13-26)33(44)45/h12-15,21-25,28-32,35,39-40,42-43,47-49H,11,16-20H2,1-10H3,(H,44,45)/t21-,22-,23-,24?,25-,28+,29-,30-,31-,32-,35+,36+,37-,38-/m1/s1. The largest absolute Gasteiger partial charge is 0.478 e. The third kappa shape index (κ3) is 10.3. The zero-order valence-corrected chi connectivity index (χ0v) is 32.6. The number of carboxylic acids is 1. The topological polar surface area (TPSA) is 211 Å². The second kappa shape index (κ2) is 17.9. The van der Waals surface area contributed by atoms with Gasteiger partial charge < -0.3 is 60.4 Å². The van der Waals surface area contributed by atoms with E-state index < -0.39 is 77.3 Å². The van der Waals surface area contributed by atoms with Gasteiger partial charge in [0.05, 0.1) is 34.9 Å². The van der Waals surface area contributed by atoms with E-state index >= 15 is 0 Å². The zero-order chi connectivity index (χ0) is 39.3. The minimum Gasteiger partial charge on any atom is -0.478 e. The summed E-state index contributed by atoms with van der Waals surface area (Å²) in [5.41, 5.74) is -4.63. The van der Waals surface area contributed by atoms with Crippen LogP contribution in [0.2, 0.25) is 0 Å². The molecule has 1 unspecified atom stereocenters. The Morgan fingerprint density at radius 2 is 1.67 bits per heavy atom. The molecule has 1 aromatic rings. The molecule has 14 nitrogen and oxygen atoms in total. The van der Waals surface area contributed by atoms with Gasteiger partial charge in [0.1, 0.15) is 23.9 Å². The van der Waals surface area contributed by atoms with Crippen molar-refractivity contribution >= 4 is 11.9 Å². The van der Waals surface area contributed by atoms with Crippen LogP contribution in [0.25, 0.3) is 0 Å². The first kappa shape index (κ1) is 44.2. The van der Waals surface area contributed by atoms with Crippen molar-refractivity contribution in [2.45, 2.75) is 147 Å². The second-order valence-electron chi connectivity index (χ2n) is 16.1. The number of esters is 1. The lowest BCUT2D eigenvalue weighted by atomic mass is 9.70. The van der Waals surface area contributed by atoms with Crippen LogP contribution in [0.15, 0.2) is 24.3 Å². The molecule has 8 N–H and O–H groups in total. The molecular formula is C38H65N3O11. The molecular weight excluding hydrogens is 674 g/mol. The molecule has 14 heteroatoms. The van der Waals surface area contributed by atoms with Gasteiger partial charge >= 0.3 is 11.9 Å². The van der Waals surface area contributed by atoms with E-state index in [1.807, 2.05) is 32.8 Å². The number of nitrogens with zero attached hydrogens (tertiary/aromatic N) is 1. The SMILES string of the molecule is CC[C@H]1OC(=O)C(C)[C@@](O)(CNCc2ccc(C(=O)O)cc2)[C@H](C)[C@@H](O[C@@H]2O[C@H](C)C[C@H](N(C)C)[C@H]2O)[C@@](C)(O)C[C@@H](C)CN[C@H](C)[C@@H](O)[C@]1(C)O. The van der Waals surface area contributed by atoms with Crippen molar-refractivity contribution in [3.63, 3.8) is 0 Å². The van der Waals surface area contributed by atoms with Crippen LogP contribution < -0.4 is 10.6 Å². The summed E-state index contributed by atoms with van der Waals surface area (Å²) >= 11 is 0. The first-order chi connectivity index (χ1) is 24.1. The van der Waals surface area contributed by atoms with E-state index in [0.717, 1.165) is 5.56 Å². The van der Waals surface area contributed by atoms with Gasteiger partial charge in [-0.05, 0) is 98.1 Å². The van der Waals surface area contributed by atoms with Crippen LogP contribution in [-0.4, -0.2) is 140 Å². The van der Waals surface area contributed by atoms with E-state index in [0.29, 0.717) is 13.0 Å². The lowest BCUT2D eigenvalue weighted by Gasteiger charge is -2.49. The van der Waals surface area contributed by atoms with E-state index in [2.05, 4.69) is 10.6 Å². The van der Waals surface area contributed by atoms with E-state index in [-0.39, 0.29) is 49.6 Å². The van der Waals surface area contributed by atoms with E-state index in [9.17, 15) is 40.2 Å². The molecule has 0 saturated carbocycles. The Morgan fingerprint density at radius 3 is 2.23 bits per heavy atom. The maximum Gasteiger partial charge on any atom is 0.335 e. The van der Waals surface area contributed by atoms with Gasteiger partial charge in [0.15, 0.2) is 6.29 Å². The maximum absolute atomic E-state index is 14.1. The fraction of sp³-hybridized carbons (Fsp3) is 0.789. The number of hydrogen-bond acceptors (Lipinski definition) is 13. The molecule has 1 aromatic carbocycles. The number of aliphatic hydroxyl groups excluding tert-OH is 2. The summed E-state index contributed by atoms with van der Waals surface area (Å²) in [7, 11) is 3.71. The first-order valence-electron chi connectivity index (χ1n) is 18.5. The fourth-order valence-electron chi connectivity index (χ4n) is 7.90. The number of carbonyl (C=O) groups is 2. The summed E-state index contributed by atoms with van der Waals surface area (Å²) in [4.78, 5) is 27.3. The molecule has 0 aliphatic carbocycles. The van der Waals surface area contributed by atoms with Gasteiger partial charge in [-0.3, -0.25) is 4.79 Å². The molecule has 2 aliphatic rings. The molecule has 0 amide bonds. The van der Waals surface area contributed by atoms with Gasteiger partial charge in [0.25, 0.3) is 0 Å². The number of carbonyl (C=O) groups excluding carboxylic acids is 1. The Bertz CT molecular complexity index is 1310. The molecule has 298 valence electrons. The molecule has 0 spiro atoms. The Hall–Kier alpha value is -2.24. The average molecular weight is 740 g/mol. The fourth-order valence-corrected chi connectivity index (χ4v) is 7.90. The van der Waals surface area contributed by atoms with Gasteiger partial charge in [-0.2, -0.15) is 0 Å². The summed E-state index contributed by atoms with van der Waals surface area (Å²) in [6.45, 7) is 13.8. The smallest absolute Gasteiger partial charge is 0.335 e. The number of likely N-dealkylation sites (N-methyl/N-ethyl adjacent to an activating group) is 1. The van der Waals surface area contributed by atoms with Crippen LogP contribution in [0.5, 0.6) is 0 Å². The van der Waals surface area contributed by atoms with Crippen LogP contribution in [0, 0.1) is 17.8 Å². The summed E-state index contributed by atoms with van der Waals surface area (Å²) in [5, 5.41) is 75.2. The first-order valence-corrected chi connectivity index (χ1v) is 18.5. The lowest BCUT2D eigenvalue weighted by Crippen LogP contribution is -2.64. The zero-order valence-electron chi connectivity index (χ0n) is 32.6. The van der Waals surface area contributed by atoms with E-state index in [1.54, 1.807) is 39.8 Å². The molecule has 0 radical (unpaired) electrons. The molecule has 0 bridgehead atoms. The van der Waals surface area contributed by atoms with Crippen molar-refractivity contribution in [1.29, 1.82) is 0 Å². The number of hydrogen-bond donors (Lipinski definition) is 8. The van der Waals surface area contributed by atoms with E-state index in [1.165, 1.54) is 26.0 Å².